The van der Waals surface area contributed by atoms with Crippen LogP contribution in [0.2, 0.25) is 5.15 Å². The average Bonchev–Trinajstić information content (AvgIpc) is 2.80. The van der Waals surface area contributed by atoms with Crippen molar-refractivity contribution in [3.63, 3.8) is 0 Å². The van der Waals surface area contributed by atoms with Crippen molar-refractivity contribution in [1.82, 2.24) is 9.97 Å². The summed E-state index contributed by atoms with van der Waals surface area (Å²) in [4.78, 5) is 20.0. The Balaban J connectivity index is 2.19. The fourth-order valence-corrected chi connectivity index (χ4v) is 2.09. The predicted molar refractivity (Wildman–Crippen MR) is 75.1 cm³/mol. The van der Waals surface area contributed by atoms with E-state index in [1.54, 1.807) is 17.6 Å². The number of halogens is 1. The zero-order valence-electron chi connectivity index (χ0n) is 10.4. The first kappa shape index (κ1) is 13.8. The molecule has 2 aromatic heterocycles. The molecule has 100 valence electrons. The van der Waals surface area contributed by atoms with Crippen LogP contribution < -0.4 is 10.1 Å². The second-order valence-corrected chi connectivity index (χ2v) is 5.26. The fraction of sp³-hybridized carbons (Fsp3) is 0.250. The molecule has 1 amide bonds. The highest BCUT2D eigenvalue weighted by molar-refractivity contribution is 7.13. The Kier molecular flexibility index (Phi) is 4.34. The van der Waals surface area contributed by atoms with Crippen LogP contribution in [-0.2, 0) is 0 Å². The summed E-state index contributed by atoms with van der Waals surface area (Å²) in [5.74, 6) is 0.0274. The van der Waals surface area contributed by atoms with Gasteiger partial charge in [-0.2, -0.15) is 0 Å². The van der Waals surface area contributed by atoms with Crippen molar-refractivity contribution < 1.29 is 9.53 Å². The van der Waals surface area contributed by atoms with Gasteiger partial charge in [-0.05, 0) is 19.9 Å². The topological polar surface area (TPSA) is 64.1 Å². The van der Waals surface area contributed by atoms with E-state index >= 15 is 0 Å². The lowest BCUT2D eigenvalue weighted by molar-refractivity contribution is 0.102. The maximum Gasteiger partial charge on any atom is 0.257 e. The number of amides is 1. The van der Waals surface area contributed by atoms with Gasteiger partial charge >= 0.3 is 0 Å². The highest BCUT2D eigenvalue weighted by Crippen LogP contribution is 2.19. The molecule has 0 unspecified atom stereocenters. The lowest BCUT2D eigenvalue weighted by Crippen LogP contribution is -2.13. The highest BCUT2D eigenvalue weighted by Gasteiger charge is 2.12. The third-order valence-electron chi connectivity index (χ3n) is 2.04. The Morgan fingerprint density at radius 2 is 2.26 bits per heavy atom. The second kappa shape index (κ2) is 5.99. The lowest BCUT2D eigenvalue weighted by atomic mass is 10.2. The molecule has 1 N–H and O–H groups in total. The molecule has 0 spiro atoms. The Hall–Kier alpha value is -1.66. The summed E-state index contributed by atoms with van der Waals surface area (Å²) in [5.41, 5.74) is 0.380. The minimum absolute atomic E-state index is 0.0409. The van der Waals surface area contributed by atoms with Crippen molar-refractivity contribution in [2.75, 3.05) is 5.32 Å². The summed E-state index contributed by atoms with van der Waals surface area (Å²) in [5, 5.41) is 5.19. The van der Waals surface area contributed by atoms with Gasteiger partial charge in [-0.1, -0.05) is 11.6 Å². The summed E-state index contributed by atoms with van der Waals surface area (Å²) in [6.07, 6.45) is 1.58. The molecule has 0 aliphatic carbocycles. The van der Waals surface area contributed by atoms with Gasteiger partial charge in [0.15, 0.2) is 5.13 Å². The zero-order valence-corrected chi connectivity index (χ0v) is 12.0. The van der Waals surface area contributed by atoms with Crippen LogP contribution in [0.1, 0.15) is 24.2 Å². The zero-order chi connectivity index (χ0) is 13.8. The molecule has 0 fully saturated rings. The van der Waals surface area contributed by atoms with Crippen molar-refractivity contribution in [1.29, 1.82) is 0 Å². The number of aromatic nitrogens is 2. The minimum Gasteiger partial charge on any atom is -0.475 e. The first-order valence-corrected chi connectivity index (χ1v) is 6.85. The van der Waals surface area contributed by atoms with Gasteiger partial charge in [-0.25, -0.2) is 9.97 Å². The van der Waals surface area contributed by atoms with Crippen molar-refractivity contribution in [2.24, 2.45) is 0 Å². The van der Waals surface area contributed by atoms with Gasteiger partial charge in [-0.15, -0.1) is 11.3 Å². The summed E-state index contributed by atoms with van der Waals surface area (Å²) in [7, 11) is 0. The van der Waals surface area contributed by atoms with E-state index < -0.39 is 0 Å². The second-order valence-electron chi connectivity index (χ2n) is 3.97. The van der Waals surface area contributed by atoms with Gasteiger partial charge in [0.25, 0.3) is 5.91 Å². The minimum atomic E-state index is -0.298. The van der Waals surface area contributed by atoms with Crippen LogP contribution in [-0.4, -0.2) is 22.0 Å². The van der Waals surface area contributed by atoms with Crippen molar-refractivity contribution in [3.05, 3.63) is 34.4 Å². The molecule has 0 saturated carbocycles. The van der Waals surface area contributed by atoms with Gasteiger partial charge < -0.3 is 4.74 Å². The van der Waals surface area contributed by atoms with E-state index in [9.17, 15) is 4.79 Å². The van der Waals surface area contributed by atoms with Crippen LogP contribution in [0.5, 0.6) is 5.88 Å². The molecule has 0 bridgehead atoms. The van der Waals surface area contributed by atoms with Crippen molar-refractivity contribution in [3.8, 4) is 5.88 Å². The molecule has 0 saturated heterocycles. The summed E-state index contributed by atoms with van der Waals surface area (Å²) in [6, 6.07) is 3.03. The third-order valence-corrected chi connectivity index (χ3v) is 2.92. The normalized spacial score (nSPS) is 10.5. The van der Waals surface area contributed by atoms with Gasteiger partial charge in [0.2, 0.25) is 5.88 Å². The number of nitrogens with one attached hydrogen (secondary N) is 1. The van der Waals surface area contributed by atoms with Crippen LogP contribution >= 0.6 is 22.9 Å². The van der Waals surface area contributed by atoms with E-state index in [1.165, 1.54) is 17.4 Å². The van der Waals surface area contributed by atoms with E-state index in [4.69, 9.17) is 16.3 Å². The monoisotopic (exact) mass is 297 g/mol. The molecule has 7 heteroatoms. The largest absolute Gasteiger partial charge is 0.475 e. The average molecular weight is 298 g/mol. The lowest BCUT2D eigenvalue weighted by Gasteiger charge is -2.10. The first-order chi connectivity index (χ1) is 9.04. The molecule has 0 aromatic carbocycles. The molecule has 2 rings (SSSR count). The van der Waals surface area contributed by atoms with E-state index in [0.717, 1.165) is 0 Å². The van der Waals surface area contributed by atoms with Gasteiger partial charge in [0.1, 0.15) is 5.15 Å². The molecule has 2 aromatic rings. The number of carbonyl (C=O) groups excluding carboxylic acids is 1. The van der Waals surface area contributed by atoms with Crippen LogP contribution in [0.15, 0.2) is 23.7 Å². The van der Waals surface area contributed by atoms with Gasteiger partial charge in [-0.3, -0.25) is 10.1 Å². The third kappa shape index (κ3) is 3.90. The number of hydrogen-bond donors (Lipinski definition) is 1. The predicted octanol–water partition coefficient (Wildman–Crippen LogP) is 3.23. The van der Waals surface area contributed by atoms with Crippen molar-refractivity contribution >= 4 is 34.0 Å². The van der Waals surface area contributed by atoms with E-state index in [2.05, 4.69) is 15.3 Å². The molecule has 19 heavy (non-hydrogen) atoms. The number of pyridine rings is 1. The van der Waals surface area contributed by atoms with Crippen LogP contribution in [0.3, 0.4) is 0 Å². The van der Waals surface area contributed by atoms with E-state index in [0.29, 0.717) is 16.6 Å². The smallest absolute Gasteiger partial charge is 0.257 e. The number of anilines is 1. The van der Waals surface area contributed by atoms with Crippen molar-refractivity contribution in [2.45, 2.75) is 20.0 Å². The van der Waals surface area contributed by atoms with E-state index in [1.807, 2.05) is 13.8 Å². The molecule has 0 atom stereocenters. The first-order valence-electron chi connectivity index (χ1n) is 5.59. The number of ether oxygens (including phenoxy) is 1. The Bertz CT molecular complexity index is 572. The standard InChI is InChI=1S/C12H12ClN3O2S/c1-7(2)18-10-6-8(5-9(13)15-10)11(17)16-12-14-3-4-19-12/h3-7H,1-2H3,(H,14,16,17). The van der Waals surface area contributed by atoms with E-state index in [-0.39, 0.29) is 17.2 Å². The Morgan fingerprint density at radius 1 is 1.47 bits per heavy atom. The summed E-state index contributed by atoms with van der Waals surface area (Å²) in [6.45, 7) is 3.75. The molecule has 0 aliphatic rings. The SMILES string of the molecule is CC(C)Oc1cc(C(=O)Nc2nccs2)cc(Cl)n1. The van der Waals surface area contributed by atoms with Crippen LogP contribution in [0, 0.1) is 0 Å². The Morgan fingerprint density at radius 3 is 2.89 bits per heavy atom. The van der Waals surface area contributed by atoms with Gasteiger partial charge in [0.05, 0.1) is 6.10 Å². The number of nitrogens with zero attached hydrogens (tertiary/aromatic N) is 2. The van der Waals surface area contributed by atoms with Crippen LogP contribution in [0.25, 0.3) is 0 Å². The number of rotatable bonds is 4. The fourth-order valence-electron chi connectivity index (χ4n) is 1.36. The number of hydrogen-bond acceptors (Lipinski definition) is 5. The van der Waals surface area contributed by atoms with Crippen LogP contribution in [0.4, 0.5) is 5.13 Å². The molecule has 2 heterocycles. The highest BCUT2D eigenvalue weighted by atomic mass is 35.5. The maximum atomic E-state index is 12.0. The number of carbonyl (C=O) groups is 1. The molecular formula is C12H12ClN3O2S. The molecular weight excluding hydrogens is 286 g/mol. The summed E-state index contributed by atoms with van der Waals surface area (Å²) < 4.78 is 5.43. The van der Waals surface area contributed by atoms with Gasteiger partial charge in [0, 0.05) is 23.2 Å². The molecule has 0 radical (unpaired) electrons. The Labute approximate surface area is 119 Å². The number of thiazole rings is 1. The maximum absolute atomic E-state index is 12.0. The molecule has 5 nitrogen and oxygen atoms in total. The molecule has 0 aliphatic heterocycles. The quantitative estimate of drug-likeness (QED) is 0.880. The summed E-state index contributed by atoms with van der Waals surface area (Å²) >= 11 is 7.22.